The molecule has 0 heterocycles. The summed E-state index contributed by atoms with van der Waals surface area (Å²) in [4.78, 5) is 23.4. The van der Waals surface area contributed by atoms with Gasteiger partial charge in [-0.25, -0.2) is 0 Å². The average molecular weight is 419 g/mol. The Labute approximate surface area is 181 Å². The summed E-state index contributed by atoms with van der Waals surface area (Å²) in [7, 11) is 1.40. The number of amides is 1. The van der Waals surface area contributed by atoms with Crippen LogP contribution in [0.15, 0.2) is 72.8 Å². The predicted molar refractivity (Wildman–Crippen MR) is 120 cm³/mol. The highest BCUT2D eigenvalue weighted by Crippen LogP contribution is 2.29. The molecule has 0 bridgehead atoms. The van der Waals surface area contributed by atoms with E-state index in [-0.39, 0.29) is 23.4 Å². The van der Waals surface area contributed by atoms with E-state index in [0.717, 1.165) is 16.7 Å². The summed E-state index contributed by atoms with van der Waals surface area (Å²) >= 11 is 0. The largest absolute Gasteiger partial charge is 0.494 e. The van der Waals surface area contributed by atoms with Crippen molar-refractivity contribution in [1.82, 2.24) is 5.32 Å². The quantitative estimate of drug-likeness (QED) is 0.411. The van der Waals surface area contributed by atoms with Crippen molar-refractivity contribution in [2.24, 2.45) is 0 Å². The maximum absolute atomic E-state index is 12.9. The highest BCUT2D eigenvalue weighted by molar-refractivity contribution is 5.96. The molecule has 0 aliphatic heterocycles. The van der Waals surface area contributed by atoms with Crippen molar-refractivity contribution >= 4 is 17.3 Å². The highest BCUT2D eigenvalue weighted by atomic mass is 16.6. The smallest absolute Gasteiger partial charge is 0.273 e. The van der Waals surface area contributed by atoms with Gasteiger partial charge in [0.15, 0.2) is 0 Å². The van der Waals surface area contributed by atoms with Crippen LogP contribution in [0.5, 0.6) is 5.75 Å². The Morgan fingerprint density at radius 1 is 1.00 bits per heavy atom. The molecule has 0 aliphatic carbocycles. The van der Waals surface area contributed by atoms with E-state index in [1.165, 1.54) is 25.3 Å². The van der Waals surface area contributed by atoms with E-state index in [1.54, 1.807) is 6.92 Å². The van der Waals surface area contributed by atoms with Gasteiger partial charge in [0, 0.05) is 6.07 Å². The number of hydrogen-bond donors (Lipinski definition) is 2. The molecule has 3 aromatic rings. The van der Waals surface area contributed by atoms with Crippen LogP contribution >= 0.6 is 0 Å². The van der Waals surface area contributed by atoms with Gasteiger partial charge in [-0.1, -0.05) is 60.2 Å². The minimum atomic E-state index is -0.550. The highest BCUT2D eigenvalue weighted by Gasteiger charge is 2.22. The Morgan fingerprint density at radius 3 is 2.26 bits per heavy atom. The molecule has 0 spiro atoms. The maximum Gasteiger partial charge on any atom is 0.273 e. The molecule has 31 heavy (non-hydrogen) atoms. The second kappa shape index (κ2) is 9.86. The van der Waals surface area contributed by atoms with Gasteiger partial charge in [-0.15, -0.1) is 0 Å². The molecule has 0 unspecified atom stereocenters. The van der Waals surface area contributed by atoms with Crippen molar-refractivity contribution in [2.45, 2.75) is 25.9 Å². The Hall–Kier alpha value is -3.71. The van der Waals surface area contributed by atoms with Crippen LogP contribution in [0.1, 0.15) is 29.7 Å². The number of rotatable bonds is 8. The number of methoxy groups -OCH3 is 1. The van der Waals surface area contributed by atoms with Crippen LogP contribution in [0.3, 0.4) is 0 Å². The number of nitrogens with one attached hydrogen (secondary N) is 2. The number of aryl methyl sites for hydroxylation is 1. The molecule has 7 nitrogen and oxygen atoms in total. The minimum Gasteiger partial charge on any atom is -0.494 e. The monoisotopic (exact) mass is 419 g/mol. The van der Waals surface area contributed by atoms with E-state index in [9.17, 15) is 14.9 Å². The lowest BCUT2D eigenvalue weighted by Gasteiger charge is -2.24. The SMILES string of the molecule is COc1cc([N+](=O)[O-])ccc1NC(=O)[C@H](C)N[C@@H](c1ccccc1)c1ccc(C)cc1. The zero-order valence-corrected chi connectivity index (χ0v) is 17.7. The van der Waals surface area contributed by atoms with Gasteiger partial charge < -0.3 is 10.1 Å². The molecule has 3 aromatic carbocycles. The van der Waals surface area contributed by atoms with Crippen molar-refractivity contribution < 1.29 is 14.5 Å². The van der Waals surface area contributed by atoms with E-state index in [2.05, 4.69) is 10.6 Å². The van der Waals surface area contributed by atoms with Crippen molar-refractivity contribution in [2.75, 3.05) is 12.4 Å². The maximum atomic E-state index is 12.9. The van der Waals surface area contributed by atoms with Gasteiger partial charge in [0.05, 0.1) is 35.9 Å². The number of nitro benzene ring substituents is 1. The van der Waals surface area contributed by atoms with Gasteiger partial charge in [0.25, 0.3) is 5.69 Å². The molecule has 7 heteroatoms. The number of hydrogen-bond acceptors (Lipinski definition) is 5. The fourth-order valence-electron chi connectivity index (χ4n) is 3.25. The van der Waals surface area contributed by atoms with Gasteiger partial charge in [-0.3, -0.25) is 20.2 Å². The van der Waals surface area contributed by atoms with Crippen LogP contribution < -0.4 is 15.4 Å². The summed E-state index contributed by atoms with van der Waals surface area (Å²) in [6.45, 7) is 3.81. The summed E-state index contributed by atoms with van der Waals surface area (Å²) in [5.74, 6) is -0.0481. The minimum absolute atomic E-state index is 0.107. The lowest BCUT2D eigenvalue weighted by molar-refractivity contribution is -0.384. The van der Waals surface area contributed by atoms with Crippen LogP contribution in [-0.4, -0.2) is 24.0 Å². The third-order valence-corrected chi connectivity index (χ3v) is 5.01. The topological polar surface area (TPSA) is 93.5 Å². The van der Waals surface area contributed by atoms with Crippen LogP contribution in [0.4, 0.5) is 11.4 Å². The molecule has 0 aromatic heterocycles. The summed E-state index contributed by atoms with van der Waals surface area (Å²) in [6, 6.07) is 21.4. The standard InChI is InChI=1S/C24H25N3O4/c1-16-9-11-19(12-10-16)23(18-7-5-4-6-8-18)25-17(2)24(28)26-21-14-13-20(27(29)30)15-22(21)31-3/h4-15,17,23,25H,1-3H3,(H,26,28)/t17-,23-/m0/s1. The summed E-state index contributed by atoms with van der Waals surface area (Å²) in [5, 5.41) is 17.2. The van der Waals surface area contributed by atoms with E-state index in [4.69, 9.17) is 4.74 Å². The summed E-state index contributed by atoms with van der Waals surface area (Å²) < 4.78 is 5.21. The third kappa shape index (κ3) is 5.46. The van der Waals surface area contributed by atoms with E-state index >= 15 is 0 Å². The molecule has 0 saturated carbocycles. The fraction of sp³-hybridized carbons (Fsp3) is 0.208. The van der Waals surface area contributed by atoms with E-state index < -0.39 is 11.0 Å². The molecule has 0 aliphatic rings. The normalized spacial score (nSPS) is 12.6. The Balaban J connectivity index is 1.80. The number of ether oxygens (including phenoxy) is 1. The van der Waals surface area contributed by atoms with Crippen LogP contribution in [0.2, 0.25) is 0 Å². The van der Waals surface area contributed by atoms with Crippen LogP contribution in [-0.2, 0) is 4.79 Å². The summed E-state index contributed by atoms with van der Waals surface area (Å²) in [6.07, 6.45) is 0. The fourth-order valence-corrected chi connectivity index (χ4v) is 3.25. The molecule has 2 atom stereocenters. The number of carbonyl (C=O) groups excluding carboxylic acids is 1. The first-order valence-electron chi connectivity index (χ1n) is 9.90. The second-order valence-corrected chi connectivity index (χ2v) is 7.27. The lowest BCUT2D eigenvalue weighted by Crippen LogP contribution is -2.40. The predicted octanol–water partition coefficient (Wildman–Crippen LogP) is 4.62. The molecule has 1 amide bonds. The number of non-ortho nitro benzene ring substituents is 1. The summed E-state index contributed by atoms with van der Waals surface area (Å²) in [5.41, 5.74) is 3.51. The van der Waals surface area contributed by atoms with Gasteiger partial charge in [-0.2, -0.15) is 0 Å². The van der Waals surface area contributed by atoms with Gasteiger partial charge in [-0.05, 0) is 31.0 Å². The van der Waals surface area contributed by atoms with Gasteiger partial charge in [0.2, 0.25) is 5.91 Å². The average Bonchev–Trinajstić information content (AvgIpc) is 2.78. The number of nitro groups is 1. The number of anilines is 1. The Bertz CT molecular complexity index is 1050. The van der Waals surface area contributed by atoms with Crippen molar-refractivity contribution in [3.05, 3.63) is 99.6 Å². The zero-order valence-electron chi connectivity index (χ0n) is 17.7. The van der Waals surface area contributed by atoms with Crippen molar-refractivity contribution in [1.29, 1.82) is 0 Å². The van der Waals surface area contributed by atoms with Crippen LogP contribution in [0, 0.1) is 17.0 Å². The molecule has 0 radical (unpaired) electrons. The van der Waals surface area contributed by atoms with Gasteiger partial charge in [0.1, 0.15) is 5.75 Å². The zero-order chi connectivity index (χ0) is 22.4. The molecule has 0 fully saturated rings. The van der Waals surface area contributed by atoms with Crippen LogP contribution in [0.25, 0.3) is 0 Å². The number of benzene rings is 3. The number of carbonyl (C=O) groups is 1. The first-order valence-corrected chi connectivity index (χ1v) is 9.90. The molecule has 3 rings (SSSR count). The Morgan fingerprint density at radius 2 is 1.65 bits per heavy atom. The van der Waals surface area contributed by atoms with Crippen molar-refractivity contribution in [3.8, 4) is 5.75 Å². The number of nitrogens with zero attached hydrogens (tertiary/aromatic N) is 1. The molecule has 0 saturated heterocycles. The Kier molecular flexibility index (Phi) is 6.99. The van der Waals surface area contributed by atoms with Crippen molar-refractivity contribution in [3.63, 3.8) is 0 Å². The van der Waals surface area contributed by atoms with E-state index in [0.29, 0.717) is 5.69 Å². The third-order valence-electron chi connectivity index (χ3n) is 5.01. The molecule has 2 N–H and O–H groups in total. The molecule has 160 valence electrons. The first-order chi connectivity index (χ1) is 14.9. The van der Waals surface area contributed by atoms with Gasteiger partial charge >= 0.3 is 0 Å². The second-order valence-electron chi connectivity index (χ2n) is 7.27. The van der Waals surface area contributed by atoms with E-state index in [1.807, 2.05) is 61.5 Å². The lowest BCUT2D eigenvalue weighted by atomic mass is 9.97. The molecular weight excluding hydrogens is 394 g/mol. The first kappa shape index (κ1) is 22.0. The molecular formula is C24H25N3O4.